The quantitative estimate of drug-likeness (QED) is 0.704. The molecule has 0 aliphatic carbocycles. The maximum Gasteiger partial charge on any atom is 0.237 e. The smallest absolute Gasteiger partial charge is 0.237 e. The van der Waals surface area contributed by atoms with Gasteiger partial charge >= 0.3 is 0 Å². The molecule has 1 atom stereocenters. The fourth-order valence-electron chi connectivity index (χ4n) is 2.53. The molecule has 0 radical (unpaired) electrons. The normalized spacial score (nSPS) is 16.3. The highest BCUT2D eigenvalue weighted by atomic mass is 35.5. The highest BCUT2D eigenvalue weighted by Gasteiger charge is 2.29. The molecule has 0 aromatic carbocycles. The number of rotatable bonds is 6. The number of pyridine rings is 1. The molecule has 2 heterocycles. The number of halogens is 4. The van der Waals surface area contributed by atoms with E-state index in [-0.39, 0.29) is 48.8 Å². The van der Waals surface area contributed by atoms with Gasteiger partial charge in [-0.1, -0.05) is 23.2 Å². The van der Waals surface area contributed by atoms with Crippen molar-refractivity contribution in [3.63, 3.8) is 0 Å². The number of hydrogen-bond acceptors (Lipinski definition) is 5. The summed E-state index contributed by atoms with van der Waals surface area (Å²) in [4.78, 5) is 18.1. The largest absolute Gasteiger partial charge is 0.367 e. The van der Waals surface area contributed by atoms with Crippen LogP contribution in [0, 0.1) is 11.3 Å². The van der Waals surface area contributed by atoms with Crippen LogP contribution < -0.4 is 10.6 Å². The molecular formula is C16H23Cl4N5O. The Morgan fingerprint density at radius 2 is 2.15 bits per heavy atom. The molecule has 1 aliphatic rings. The van der Waals surface area contributed by atoms with Gasteiger partial charge in [-0.05, 0) is 32.8 Å². The summed E-state index contributed by atoms with van der Waals surface area (Å²) in [5.74, 6) is 0.501. The van der Waals surface area contributed by atoms with E-state index in [0.717, 1.165) is 12.8 Å². The van der Waals surface area contributed by atoms with E-state index in [9.17, 15) is 4.79 Å². The van der Waals surface area contributed by atoms with E-state index in [1.165, 1.54) is 6.20 Å². The van der Waals surface area contributed by atoms with E-state index in [1.54, 1.807) is 11.0 Å². The first-order valence-corrected chi connectivity index (χ1v) is 8.57. The summed E-state index contributed by atoms with van der Waals surface area (Å²) in [6.07, 6.45) is 3.17. The Labute approximate surface area is 176 Å². The molecule has 0 unspecified atom stereocenters. The van der Waals surface area contributed by atoms with Crippen molar-refractivity contribution in [3.05, 3.63) is 22.3 Å². The van der Waals surface area contributed by atoms with E-state index >= 15 is 0 Å². The predicted molar refractivity (Wildman–Crippen MR) is 110 cm³/mol. The van der Waals surface area contributed by atoms with Crippen molar-refractivity contribution in [2.24, 2.45) is 0 Å². The SMILES string of the molecule is CC(C)(CNc1ncc(Cl)cc1Cl)NCC(=O)N1CCC[C@H]1C#N.Cl.Cl. The molecule has 6 nitrogen and oxygen atoms in total. The Morgan fingerprint density at radius 3 is 2.77 bits per heavy atom. The number of nitrogens with zero attached hydrogens (tertiary/aromatic N) is 3. The third-order valence-corrected chi connectivity index (χ3v) is 4.44. The van der Waals surface area contributed by atoms with Crippen LogP contribution in [-0.2, 0) is 4.79 Å². The van der Waals surface area contributed by atoms with Crippen LogP contribution in [0.5, 0.6) is 0 Å². The van der Waals surface area contributed by atoms with Gasteiger partial charge in [0.2, 0.25) is 5.91 Å². The lowest BCUT2D eigenvalue weighted by Crippen LogP contribution is -2.50. The molecule has 1 aliphatic heterocycles. The molecule has 26 heavy (non-hydrogen) atoms. The second kappa shape index (κ2) is 11.0. The van der Waals surface area contributed by atoms with Crippen LogP contribution in [0.4, 0.5) is 5.82 Å². The summed E-state index contributed by atoms with van der Waals surface area (Å²) in [5, 5.41) is 16.4. The number of carbonyl (C=O) groups excluding carboxylic acids is 1. The first-order valence-electron chi connectivity index (χ1n) is 7.81. The lowest BCUT2D eigenvalue weighted by atomic mass is 10.1. The van der Waals surface area contributed by atoms with Crippen molar-refractivity contribution in [3.8, 4) is 6.07 Å². The summed E-state index contributed by atoms with van der Waals surface area (Å²) in [6, 6.07) is 3.51. The van der Waals surface area contributed by atoms with Gasteiger partial charge in [-0.2, -0.15) is 5.26 Å². The number of likely N-dealkylation sites (tertiary alicyclic amines) is 1. The van der Waals surface area contributed by atoms with Gasteiger partial charge in [0, 0.05) is 24.8 Å². The Morgan fingerprint density at radius 1 is 1.46 bits per heavy atom. The van der Waals surface area contributed by atoms with Gasteiger partial charge in [-0.3, -0.25) is 4.79 Å². The van der Waals surface area contributed by atoms with Crippen LogP contribution >= 0.6 is 48.0 Å². The lowest BCUT2D eigenvalue weighted by molar-refractivity contribution is -0.130. The summed E-state index contributed by atoms with van der Waals surface area (Å²) in [5.41, 5.74) is -0.359. The fraction of sp³-hybridized carbons (Fsp3) is 0.562. The molecule has 0 bridgehead atoms. The zero-order valence-electron chi connectivity index (χ0n) is 14.6. The van der Waals surface area contributed by atoms with Crippen molar-refractivity contribution in [2.45, 2.75) is 38.3 Å². The topological polar surface area (TPSA) is 81.1 Å². The van der Waals surface area contributed by atoms with Crippen molar-refractivity contribution in [1.82, 2.24) is 15.2 Å². The minimum atomic E-state index is -0.359. The fourth-order valence-corrected chi connectivity index (χ4v) is 2.97. The van der Waals surface area contributed by atoms with E-state index in [2.05, 4.69) is 21.7 Å². The molecule has 2 rings (SSSR count). The van der Waals surface area contributed by atoms with Gasteiger partial charge in [0.25, 0.3) is 0 Å². The monoisotopic (exact) mass is 441 g/mol. The number of nitrogens with one attached hydrogen (secondary N) is 2. The van der Waals surface area contributed by atoms with Crippen molar-refractivity contribution < 1.29 is 4.79 Å². The summed E-state index contributed by atoms with van der Waals surface area (Å²) in [7, 11) is 0. The molecule has 2 N–H and O–H groups in total. The van der Waals surface area contributed by atoms with Crippen LogP contribution in [0.3, 0.4) is 0 Å². The molecule has 1 saturated heterocycles. The molecule has 10 heteroatoms. The van der Waals surface area contributed by atoms with Crippen LogP contribution in [0.1, 0.15) is 26.7 Å². The number of anilines is 1. The molecule has 0 saturated carbocycles. The minimum absolute atomic E-state index is 0. The first-order chi connectivity index (χ1) is 11.3. The molecule has 146 valence electrons. The maximum absolute atomic E-state index is 12.3. The molecule has 0 spiro atoms. The van der Waals surface area contributed by atoms with Crippen molar-refractivity contribution in [2.75, 3.05) is 25.0 Å². The Balaban J connectivity index is 0.00000312. The number of hydrogen-bond donors (Lipinski definition) is 2. The van der Waals surface area contributed by atoms with E-state index in [4.69, 9.17) is 28.5 Å². The van der Waals surface area contributed by atoms with E-state index < -0.39 is 0 Å². The third kappa shape index (κ3) is 6.98. The molecule has 1 aromatic heterocycles. The van der Waals surface area contributed by atoms with E-state index in [1.807, 2.05) is 13.8 Å². The highest BCUT2D eigenvalue weighted by Crippen LogP contribution is 2.23. The maximum atomic E-state index is 12.3. The standard InChI is InChI=1S/C16H21Cl2N5O.2ClH/c1-16(2,10-21-15-13(18)6-11(17)8-20-15)22-9-14(24)23-5-3-4-12(23)7-19;;/h6,8,12,22H,3-5,9-10H2,1-2H3,(H,20,21);2*1H/t12-;;/m0../s1. The van der Waals surface area contributed by atoms with Gasteiger partial charge in [0.15, 0.2) is 0 Å². The zero-order valence-corrected chi connectivity index (χ0v) is 17.7. The summed E-state index contributed by atoms with van der Waals surface area (Å²) >= 11 is 11.9. The van der Waals surface area contributed by atoms with Gasteiger partial charge in [0.1, 0.15) is 11.9 Å². The Bertz CT molecular complexity index is 650. The predicted octanol–water partition coefficient (Wildman–Crippen LogP) is 3.53. The average molecular weight is 443 g/mol. The lowest BCUT2D eigenvalue weighted by Gasteiger charge is -2.28. The van der Waals surface area contributed by atoms with Gasteiger partial charge < -0.3 is 15.5 Å². The molecule has 1 amide bonds. The summed E-state index contributed by atoms with van der Waals surface area (Å²) in [6.45, 7) is 5.32. The number of carbonyl (C=O) groups is 1. The van der Waals surface area contributed by atoms with Crippen LogP contribution in [0.15, 0.2) is 12.3 Å². The number of aromatic nitrogens is 1. The van der Waals surface area contributed by atoms with Crippen molar-refractivity contribution >= 4 is 59.7 Å². The average Bonchev–Trinajstić information content (AvgIpc) is 3.00. The Hall–Kier alpha value is -0.970. The zero-order chi connectivity index (χ0) is 17.7. The van der Waals surface area contributed by atoms with Gasteiger partial charge in [0.05, 0.1) is 22.7 Å². The molecular weight excluding hydrogens is 420 g/mol. The molecule has 1 fully saturated rings. The summed E-state index contributed by atoms with van der Waals surface area (Å²) < 4.78 is 0. The van der Waals surface area contributed by atoms with Crippen LogP contribution in [0.25, 0.3) is 0 Å². The van der Waals surface area contributed by atoms with Gasteiger partial charge in [-0.15, -0.1) is 24.8 Å². The van der Waals surface area contributed by atoms with Crippen molar-refractivity contribution in [1.29, 1.82) is 5.26 Å². The second-order valence-electron chi connectivity index (χ2n) is 6.45. The Kier molecular flexibility index (Phi) is 10.6. The van der Waals surface area contributed by atoms with Gasteiger partial charge in [-0.25, -0.2) is 4.98 Å². The first kappa shape index (κ1) is 25.0. The van der Waals surface area contributed by atoms with Crippen LogP contribution in [-0.4, -0.2) is 47.0 Å². The molecule has 1 aromatic rings. The van der Waals surface area contributed by atoms with E-state index in [0.29, 0.717) is 29.0 Å². The third-order valence-electron chi connectivity index (χ3n) is 3.95. The highest BCUT2D eigenvalue weighted by molar-refractivity contribution is 6.35. The number of amides is 1. The number of nitriles is 1. The second-order valence-corrected chi connectivity index (χ2v) is 7.29. The van der Waals surface area contributed by atoms with Crippen LogP contribution in [0.2, 0.25) is 10.0 Å². The minimum Gasteiger partial charge on any atom is -0.367 e.